The molecule has 20 heavy (non-hydrogen) atoms. The van der Waals surface area contributed by atoms with E-state index in [0.717, 1.165) is 25.7 Å². The number of carbonyl (C=O) groups is 2. The number of carbonyl (C=O) groups excluding carboxylic acids is 1. The summed E-state index contributed by atoms with van der Waals surface area (Å²) in [6, 6.07) is 0.934. The van der Waals surface area contributed by atoms with Crippen LogP contribution in [-0.2, 0) is 9.59 Å². The molecule has 114 valence electrons. The Balaban J connectivity index is 1.64. The highest BCUT2D eigenvalue weighted by Crippen LogP contribution is 2.33. The van der Waals surface area contributed by atoms with Gasteiger partial charge < -0.3 is 15.7 Å². The molecule has 4 unspecified atom stereocenters. The molecule has 5 heteroatoms. The summed E-state index contributed by atoms with van der Waals surface area (Å²) in [5.74, 6) is -0.0178. The van der Waals surface area contributed by atoms with Crippen molar-refractivity contribution in [3.63, 3.8) is 0 Å². The van der Waals surface area contributed by atoms with Gasteiger partial charge in [-0.2, -0.15) is 0 Å². The second-order valence-electron chi connectivity index (χ2n) is 6.18. The van der Waals surface area contributed by atoms with Crippen molar-refractivity contribution in [2.45, 2.75) is 64.0 Å². The van der Waals surface area contributed by atoms with Crippen LogP contribution in [0.2, 0.25) is 0 Å². The Bertz CT molecular complexity index is 359. The lowest BCUT2D eigenvalue weighted by atomic mass is 9.88. The maximum atomic E-state index is 12.1. The summed E-state index contributed by atoms with van der Waals surface area (Å²) in [5.41, 5.74) is 0. The van der Waals surface area contributed by atoms with Crippen LogP contribution in [0.15, 0.2) is 0 Å². The summed E-state index contributed by atoms with van der Waals surface area (Å²) in [4.78, 5) is 22.7. The van der Waals surface area contributed by atoms with E-state index >= 15 is 0 Å². The summed E-state index contributed by atoms with van der Waals surface area (Å²) >= 11 is 0. The van der Waals surface area contributed by atoms with E-state index in [2.05, 4.69) is 17.6 Å². The molecule has 0 aromatic heterocycles. The molecule has 2 aliphatic heterocycles. The van der Waals surface area contributed by atoms with Crippen molar-refractivity contribution in [1.82, 2.24) is 10.6 Å². The van der Waals surface area contributed by atoms with Gasteiger partial charge >= 0.3 is 5.97 Å². The van der Waals surface area contributed by atoms with Gasteiger partial charge in [0, 0.05) is 25.0 Å². The number of rotatable bonds is 8. The van der Waals surface area contributed by atoms with Crippen molar-refractivity contribution < 1.29 is 14.7 Å². The first-order valence-electron chi connectivity index (χ1n) is 7.85. The fourth-order valence-corrected chi connectivity index (χ4v) is 3.52. The van der Waals surface area contributed by atoms with Crippen molar-refractivity contribution in [2.24, 2.45) is 11.8 Å². The molecule has 2 rings (SSSR count). The molecule has 0 aromatic rings. The van der Waals surface area contributed by atoms with Crippen molar-refractivity contribution in [3.05, 3.63) is 0 Å². The van der Waals surface area contributed by atoms with Gasteiger partial charge in [0.2, 0.25) is 5.91 Å². The lowest BCUT2D eigenvalue weighted by Gasteiger charge is -2.20. The van der Waals surface area contributed by atoms with E-state index in [0.29, 0.717) is 31.0 Å². The molecule has 1 amide bonds. The molecule has 4 atom stereocenters. The number of carboxylic acids is 1. The van der Waals surface area contributed by atoms with Crippen molar-refractivity contribution in [2.75, 3.05) is 6.54 Å². The van der Waals surface area contributed by atoms with Gasteiger partial charge in [-0.3, -0.25) is 9.59 Å². The highest BCUT2D eigenvalue weighted by Gasteiger charge is 2.42. The predicted octanol–water partition coefficient (Wildman–Crippen LogP) is 1.52. The van der Waals surface area contributed by atoms with E-state index in [1.54, 1.807) is 0 Å². The SMILES string of the molecule is CCC(CCNC(=O)C1CC2CCC1N2)CCC(=O)O. The Hall–Kier alpha value is -1.10. The topological polar surface area (TPSA) is 78.4 Å². The molecule has 2 saturated heterocycles. The summed E-state index contributed by atoms with van der Waals surface area (Å²) in [5, 5.41) is 15.2. The standard InChI is InChI=1S/C15H26N2O3/c1-2-10(3-6-14(18)19)7-8-16-15(20)12-9-11-4-5-13(12)17-11/h10-13,17H,2-9H2,1H3,(H,16,20)(H,18,19). The first-order chi connectivity index (χ1) is 9.60. The fourth-order valence-electron chi connectivity index (χ4n) is 3.52. The Labute approximate surface area is 120 Å². The Morgan fingerprint density at radius 2 is 2.15 bits per heavy atom. The summed E-state index contributed by atoms with van der Waals surface area (Å²) in [6.45, 7) is 2.75. The zero-order valence-corrected chi connectivity index (χ0v) is 12.2. The molecule has 0 saturated carbocycles. The molecule has 3 N–H and O–H groups in total. The molecular formula is C15H26N2O3. The number of carboxylic acid groups (broad SMARTS) is 1. The molecule has 0 aliphatic carbocycles. The van der Waals surface area contributed by atoms with E-state index in [1.165, 1.54) is 6.42 Å². The van der Waals surface area contributed by atoms with Gasteiger partial charge in [-0.25, -0.2) is 0 Å². The second kappa shape index (κ2) is 7.07. The van der Waals surface area contributed by atoms with Crippen LogP contribution in [0.25, 0.3) is 0 Å². The number of nitrogens with one attached hydrogen (secondary N) is 2. The van der Waals surface area contributed by atoms with Crippen molar-refractivity contribution >= 4 is 11.9 Å². The maximum Gasteiger partial charge on any atom is 0.303 e. The average Bonchev–Trinajstić information content (AvgIpc) is 3.04. The first kappa shape index (κ1) is 15.3. The van der Waals surface area contributed by atoms with Gasteiger partial charge in [0.25, 0.3) is 0 Å². The summed E-state index contributed by atoms with van der Waals surface area (Å²) in [6.07, 6.45) is 6.09. The van der Waals surface area contributed by atoms with Gasteiger partial charge in [0.05, 0.1) is 5.92 Å². The van der Waals surface area contributed by atoms with E-state index in [9.17, 15) is 9.59 Å². The number of hydrogen-bond donors (Lipinski definition) is 3. The zero-order valence-electron chi connectivity index (χ0n) is 12.2. The zero-order chi connectivity index (χ0) is 14.5. The van der Waals surface area contributed by atoms with Crippen LogP contribution in [0.5, 0.6) is 0 Å². The fraction of sp³-hybridized carbons (Fsp3) is 0.867. The molecule has 2 aliphatic rings. The maximum absolute atomic E-state index is 12.1. The molecule has 0 radical (unpaired) electrons. The lowest BCUT2D eigenvalue weighted by Crippen LogP contribution is -2.38. The van der Waals surface area contributed by atoms with E-state index in [-0.39, 0.29) is 18.2 Å². The van der Waals surface area contributed by atoms with Gasteiger partial charge in [-0.1, -0.05) is 13.3 Å². The molecule has 0 aromatic carbocycles. The van der Waals surface area contributed by atoms with E-state index < -0.39 is 5.97 Å². The van der Waals surface area contributed by atoms with Crippen LogP contribution in [-0.4, -0.2) is 35.6 Å². The van der Waals surface area contributed by atoms with Crippen LogP contribution < -0.4 is 10.6 Å². The Morgan fingerprint density at radius 3 is 2.70 bits per heavy atom. The monoisotopic (exact) mass is 282 g/mol. The summed E-state index contributed by atoms with van der Waals surface area (Å²) < 4.78 is 0. The molecule has 2 heterocycles. The number of amides is 1. The smallest absolute Gasteiger partial charge is 0.303 e. The molecule has 2 fully saturated rings. The lowest BCUT2D eigenvalue weighted by molar-refractivity contribution is -0.137. The third-order valence-corrected chi connectivity index (χ3v) is 4.83. The third kappa shape index (κ3) is 3.95. The summed E-state index contributed by atoms with van der Waals surface area (Å²) in [7, 11) is 0. The first-order valence-corrected chi connectivity index (χ1v) is 7.85. The Kier molecular flexibility index (Phi) is 5.40. The van der Waals surface area contributed by atoms with Gasteiger partial charge in [0.15, 0.2) is 0 Å². The molecule has 5 nitrogen and oxygen atoms in total. The number of fused-ring (bicyclic) bond motifs is 2. The van der Waals surface area contributed by atoms with Gasteiger partial charge in [0.1, 0.15) is 0 Å². The second-order valence-corrected chi connectivity index (χ2v) is 6.18. The minimum absolute atomic E-state index is 0.146. The third-order valence-electron chi connectivity index (χ3n) is 4.83. The van der Waals surface area contributed by atoms with Crippen LogP contribution in [0.3, 0.4) is 0 Å². The largest absolute Gasteiger partial charge is 0.481 e. The minimum atomic E-state index is -0.736. The van der Waals surface area contributed by atoms with Crippen LogP contribution >= 0.6 is 0 Å². The van der Waals surface area contributed by atoms with Crippen molar-refractivity contribution in [1.29, 1.82) is 0 Å². The van der Waals surface area contributed by atoms with Crippen LogP contribution in [0.4, 0.5) is 0 Å². The number of hydrogen-bond acceptors (Lipinski definition) is 3. The van der Waals surface area contributed by atoms with E-state index in [4.69, 9.17) is 5.11 Å². The van der Waals surface area contributed by atoms with Gasteiger partial charge in [-0.05, 0) is 38.0 Å². The molecule has 2 bridgehead atoms. The molecular weight excluding hydrogens is 256 g/mol. The quantitative estimate of drug-likeness (QED) is 0.631. The minimum Gasteiger partial charge on any atom is -0.481 e. The highest BCUT2D eigenvalue weighted by molar-refractivity contribution is 5.80. The predicted molar refractivity (Wildman–Crippen MR) is 76.3 cm³/mol. The van der Waals surface area contributed by atoms with Crippen LogP contribution in [0.1, 0.15) is 51.9 Å². The van der Waals surface area contributed by atoms with E-state index in [1.807, 2.05) is 0 Å². The van der Waals surface area contributed by atoms with Gasteiger partial charge in [-0.15, -0.1) is 0 Å². The average molecular weight is 282 g/mol. The highest BCUT2D eigenvalue weighted by atomic mass is 16.4. The van der Waals surface area contributed by atoms with Crippen LogP contribution in [0, 0.1) is 11.8 Å². The number of aliphatic carboxylic acids is 1. The molecule has 0 spiro atoms. The Morgan fingerprint density at radius 1 is 1.35 bits per heavy atom. The van der Waals surface area contributed by atoms with Crippen molar-refractivity contribution in [3.8, 4) is 0 Å². The normalized spacial score (nSPS) is 29.4.